The van der Waals surface area contributed by atoms with Crippen molar-refractivity contribution in [2.24, 2.45) is 0 Å². The molecule has 2 aromatic rings. The van der Waals surface area contributed by atoms with Crippen LogP contribution in [0, 0.1) is 5.82 Å². The molecule has 104 valence electrons. The highest BCUT2D eigenvalue weighted by atomic mass is 79.9. The lowest BCUT2D eigenvalue weighted by atomic mass is 9.88. The highest BCUT2D eigenvalue weighted by molar-refractivity contribution is 9.10. The Balaban J connectivity index is 1.97. The Morgan fingerprint density at radius 1 is 1.30 bits per heavy atom. The van der Waals surface area contributed by atoms with Gasteiger partial charge in [0.2, 0.25) is 0 Å². The highest BCUT2D eigenvalue weighted by Crippen LogP contribution is 2.41. The first-order chi connectivity index (χ1) is 9.70. The van der Waals surface area contributed by atoms with Crippen LogP contribution in [0.25, 0.3) is 0 Å². The molecule has 2 nitrogen and oxygen atoms in total. The molecule has 1 N–H and O–H groups in total. The summed E-state index contributed by atoms with van der Waals surface area (Å²) in [5, 5.41) is 3.32. The lowest BCUT2D eigenvalue weighted by molar-refractivity contribution is 0.304. The first-order valence-electron chi connectivity index (χ1n) is 6.54. The van der Waals surface area contributed by atoms with Gasteiger partial charge in [0, 0.05) is 17.5 Å². The molecule has 0 radical (unpaired) electrons. The number of ether oxygens (including phenoxy) is 1. The molecule has 4 heteroatoms. The van der Waals surface area contributed by atoms with Crippen molar-refractivity contribution in [1.29, 1.82) is 0 Å². The summed E-state index contributed by atoms with van der Waals surface area (Å²) in [5.74, 6) is 0.930. The van der Waals surface area contributed by atoms with Crippen molar-refractivity contribution < 1.29 is 9.13 Å². The van der Waals surface area contributed by atoms with Crippen LogP contribution < -0.4 is 10.1 Å². The van der Waals surface area contributed by atoms with Gasteiger partial charge in [-0.1, -0.05) is 24.3 Å². The minimum atomic E-state index is -0.244. The van der Waals surface area contributed by atoms with Crippen LogP contribution >= 0.6 is 15.9 Å². The maximum atomic E-state index is 13.4. The van der Waals surface area contributed by atoms with E-state index in [1.165, 1.54) is 11.6 Å². The maximum Gasteiger partial charge on any atom is 0.137 e. The van der Waals surface area contributed by atoms with Gasteiger partial charge in [-0.05, 0) is 46.7 Å². The van der Waals surface area contributed by atoms with E-state index >= 15 is 0 Å². The average Bonchev–Trinajstić information content (AvgIpc) is 2.88. The Labute approximate surface area is 126 Å². The minimum Gasteiger partial charge on any atom is -0.493 e. The second-order valence-corrected chi connectivity index (χ2v) is 5.75. The van der Waals surface area contributed by atoms with Gasteiger partial charge in [0.25, 0.3) is 0 Å². The van der Waals surface area contributed by atoms with Crippen molar-refractivity contribution >= 4 is 15.9 Å². The number of para-hydroxylation sites is 1. The molecule has 0 aromatic heterocycles. The van der Waals surface area contributed by atoms with Crippen LogP contribution in [0.3, 0.4) is 0 Å². The number of benzene rings is 2. The van der Waals surface area contributed by atoms with Crippen LogP contribution in [-0.2, 0) is 0 Å². The van der Waals surface area contributed by atoms with Gasteiger partial charge in [0.15, 0.2) is 0 Å². The SMILES string of the molecule is CNC(c1ccc(F)c(Br)c1)C1COc2ccccc21. The van der Waals surface area contributed by atoms with Gasteiger partial charge in [0.05, 0.1) is 11.1 Å². The van der Waals surface area contributed by atoms with Crippen LogP contribution in [0.15, 0.2) is 46.9 Å². The third kappa shape index (κ3) is 2.34. The summed E-state index contributed by atoms with van der Waals surface area (Å²) in [5.41, 5.74) is 2.25. The van der Waals surface area contributed by atoms with Crippen LogP contribution in [0.5, 0.6) is 5.75 Å². The van der Waals surface area contributed by atoms with Crippen molar-refractivity contribution in [1.82, 2.24) is 5.32 Å². The number of rotatable bonds is 3. The average molecular weight is 336 g/mol. The zero-order valence-corrected chi connectivity index (χ0v) is 12.7. The zero-order chi connectivity index (χ0) is 14.1. The van der Waals surface area contributed by atoms with E-state index in [0.717, 1.165) is 11.3 Å². The van der Waals surface area contributed by atoms with E-state index in [-0.39, 0.29) is 17.8 Å². The smallest absolute Gasteiger partial charge is 0.137 e. The predicted molar refractivity (Wildman–Crippen MR) is 80.6 cm³/mol. The minimum absolute atomic E-state index is 0.0931. The summed E-state index contributed by atoms with van der Waals surface area (Å²) in [6, 6.07) is 13.3. The molecule has 3 rings (SSSR count). The number of nitrogens with one attached hydrogen (secondary N) is 1. The van der Waals surface area contributed by atoms with Gasteiger partial charge in [0.1, 0.15) is 11.6 Å². The van der Waals surface area contributed by atoms with Gasteiger partial charge >= 0.3 is 0 Å². The maximum absolute atomic E-state index is 13.4. The molecule has 0 spiro atoms. The molecule has 0 bridgehead atoms. The Morgan fingerprint density at radius 3 is 2.85 bits per heavy atom. The van der Waals surface area contributed by atoms with Gasteiger partial charge < -0.3 is 10.1 Å². The van der Waals surface area contributed by atoms with E-state index in [2.05, 4.69) is 27.3 Å². The number of hydrogen-bond donors (Lipinski definition) is 1. The summed E-state index contributed by atoms with van der Waals surface area (Å²) in [7, 11) is 1.92. The van der Waals surface area contributed by atoms with E-state index in [1.807, 2.05) is 37.4 Å². The number of likely N-dealkylation sites (N-methyl/N-ethyl adjacent to an activating group) is 1. The third-order valence-electron chi connectivity index (χ3n) is 3.75. The van der Waals surface area contributed by atoms with E-state index in [9.17, 15) is 4.39 Å². The summed E-state index contributed by atoms with van der Waals surface area (Å²) >= 11 is 3.25. The molecule has 0 amide bonds. The topological polar surface area (TPSA) is 21.3 Å². The summed E-state index contributed by atoms with van der Waals surface area (Å²) in [6.07, 6.45) is 0. The quantitative estimate of drug-likeness (QED) is 0.914. The second kappa shape index (κ2) is 5.54. The van der Waals surface area contributed by atoms with Gasteiger partial charge in [-0.2, -0.15) is 0 Å². The highest BCUT2D eigenvalue weighted by Gasteiger charge is 2.31. The Hall–Kier alpha value is -1.39. The fraction of sp³-hybridized carbons (Fsp3) is 0.250. The van der Waals surface area contributed by atoms with Crippen LogP contribution in [0.2, 0.25) is 0 Å². The van der Waals surface area contributed by atoms with Gasteiger partial charge in [-0.3, -0.25) is 0 Å². The molecule has 1 aliphatic heterocycles. The molecule has 0 saturated heterocycles. The van der Waals surface area contributed by atoms with E-state index in [0.29, 0.717) is 11.1 Å². The fourth-order valence-corrected chi connectivity index (χ4v) is 3.17. The van der Waals surface area contributed by atoms with Crippen LogP contribution in [0.1, 0.15) is 23.1 Å². The van der Waals surface area contributed by atoms with Crippen molar-refractivity contribution in [3.05, 3.63) is 63.9 Å². The van der Waals surface area contributed by atoms with Crippen molar-refractivity contribution in [2.75, 3.05) is 13.7 Å². The summed E-state index contributed by atoms with van der Waals surface area (Å²) in [4.78, 5) is 0. The Bertz CT molecular complexity index is 632. The van der Waals surface area contributed by atoms with E-state index in [1.54, 1.807) is 0 Å². The number of halogens is 2. The molecular formula is C16H15BrFNO. The first kappa shape index (κ1) is 13.6. The van der Waals surface area contributed by atoms with Crippen LogP contribution in [-0.4, -0.2) is 13.7 Å². The fourth-order valence-electron chi connectivity index (χ4n) is 2.77. The summed E-state index contributed by atoms with van der Waals surface area (Å²) in [6.45, 7) is 0.639. The van der Waals surface area contributed by atoms with Crippen molar-refractivity contribution in [3.63, 3.8) is 0 Å². The Kier molecular flexibility index (Phi) is 3.76. The molecule has 2 unspecified atom stereocenters. The molecule has 0 saturated carbocycles. The lowest BCUT2D eigenvalue weighted by Gasteiger charge is -2.23. The number of hydrogen-bond acceptors (Lipinski definition) is 2. The van der Waals surface area contributed by atoms with Crippen molar-refractivity contribution in [2.45, 2.75) is 12.0 Å². The van der Waals surface area contributed by atoms with Gasteiger partial charge in [-0.25, -0.2) is 4.39 Å². The standard InChI is InChI=1S/C16H15BrFNO/c1-19-16(10-6-7-14(18)13(17)8-10)12-9-20-15-5-3-2-4-11(12)15/h2-8,12,16,19H,9H2,1H3. The molecule has 1 aliphatic rings. The van der Waals surface area contributed by atoms with Crippen LogP contribution in [0.4, 0.5) is 4.39 Å². The molecule has 2 aromatic carbocycles. The Morgan fingerprint density at radius 2 is 2.10 bits per heavy atom. The molecule has 0 fully saturated rings. The summed E-state index contributed by atoms with van der Waals surface area (Å²) < 4.78 is 19.6. The largest absolute Gasteiger partial charge is 0.493 e. The molecule has 1 heterocycles. The zero-order valence-electron chi connectivity index (χ0n) is 11.1. The van der Waals surface area contributed by atoms with Gasteiger partial charge in [-0.15, -0.1) is 0 Å². The normalized spacial score (nSPS) is 18.4. The molecular weight excluding hydrogens is 321 g/mol. The molecule has 20 heavy (non-hydrogen) atoms. The lowest BCUT2D eigenvalue weighted by Crippen LogP contribution is -2.25. The number of fused-ring (bicyclic) bond motifs is 1. The predicted octanol–water partition coefficient (Wildman–Crippen LogP) is 4.02. The van der Waals surface area contributed by atoms with Crippen molar-refractivity contribution in [3.8, 4) is 5.75 Å². The molecule has 0 aliphatic carbocycles. The van der Waals surface area contributed by atoms with E-state index < -0.39 is 0 Å². The third-order valence-corrected chi connectivity index (χ3v) is 4.36. The monoisotopic (exact) mass is 335 g/mol. The second-order valence-electron chi connectivity index (χ2n) is 4.90. The molecule has 2 atom stereocenters. The first-order valence-corrected chi connectivity index (χ1v) is 7.34. The van der Waals surface area contributed by atoms with E-state index in [4.69, 9.17) is 4.74 Å².